The Hall–Kier alpha value is -3.45. The van der Waals surface area contributed by atoms with Crippen LogP contribution in [-0.4, -0.2) is 41.6 Å². The van der Waals surface area contributed by atoms with Crippen molar-refractivity contribution in [3.8, 4) is 0 Å². The number of ether oxygens (including phenoxy) is 1. The molecular formula is C55H94N2O5. The summed E-state index contributed by atoms with van der Waals surface area (Å²) in [4.78, 5) is 36.6. The number of esters is 1. The van der Waals surface area contributed by atoms with Gasteiger partial charge in [-0.1, -0.05) is 170 Å². The zero-order chi connectivity index (χ0) is 45.2. The van der Waals surface area contributed by atoms with Crippen molar-refractivity contribution in [2.45, 2.75) is 238 Å². The SMILES string of the molecule is CC/C=C\C/C=C\C/C=C\C/C=C\C/C=C\CCCCCCCC(=O)OC(CCCCC/C=C\C/C=C\CCCCCCC)CCCCCCCC(=O)NC(CCCN)C(=O)O. The summed E-state index contributed by atoms with van der Waals surface area (Å²) >= 11 is 0. The van der Waals surface area contributed by atoms with Gasteiger partial charge in [-0.2, -0.15) is 0 Å². The van der Waals surface area contributed by atoms with E-state index in [0.29, 0.717) is 32.2 Å². The topological polar surface area (TPSA) is 119 Å². The third-order valence-corrected chi connectivity index (χ3v) is 10.9. The number of unbranched alkanes of at least 4 members (excludes halogenated alkanes) is 17. The Labute approximate surface area is 381 Å². The van der Waals surface area contributed by atoms with Crippen LogP contribution in [0.1, 0.15) is 226 Å². The molecule has 0 aromatic rings. The van der Waals surface area contributed by atoms with E-state index in [1.54, 1.807) is 0 Å². The number of carbonyl (C=O) groups is 3. The van der Waals surface area contributed by atoms with Crippen LogP contribution in [0.5, 0.6) is 0 Å². The van der Waals surface area contributed by atoms with Crippen molar-refractivity contribution in [2.24, 2.45) is 5.73 Å². The lowest BCUT2D eigenvalue weighted by Crippen LogP contribution is -2.40. The van der Waals surface area contributed by atoms with E-state index in [9.17, 15) is 19.5 Å². The summed E-state index contributed by atoms with van der Waals surface area (Å²) in [7, 11) is 0. The number of hydrogen-bond donors (Lipinski definition) is 3. The van der Waals surface area contributed by atoms with E-state index in [-0.39, 0.29) is 18.0 Å². The maximum Gasteiger partial charge on any atom is 0.326 e. The molecular weight excluding hydrogens is 769 g/mol. The second kappa shape index (κ2) is 48.6. The molecule has 0 aliphatic carbocycles. The van der Waals surface area contributed by atoms with Crippen molar-refractivity contribution in [2.75, 3.05) is 6.54 Å². The maximum absolute atomic E-state index is 12.9. The Bertz CT molecular complexity index is 1250. The van der Waals surface area contributed by atoms with Crippen LogP contribution in [0.25, 0.3) is 0 Å². The van der Waals surface area contributed by atoms with E-state index in [4.69, 9.17) is 10.5 Å². The predicted octanol–water partition coefficient (Wildman–Crippen LogP) is 15.2. The smallest absolute Gasteiger partial charge is 0.326 e. The van der Waals surface area contributed by atoms with Crippen molar-refractivity contribution in [3.63, 3.8) is 0 Å². The molecule has 62 heavy (non-hydrogen) atoms. The lowest BCUT2D eigenvalue weighted by Gasteiger charge is -2.18. The highest BCUT2D eigenvalue weighted by Gasteiger charge is 2.19. The molecule has 4 N–H and O–H groups in total. The minimum absolute atomic E-state index is 0.0270. The summed E-state index contributed by atoms with van der Waals surface area (Å²) in [5, 5.41) is 12.0. The molecule has 0 fully saturated rings. The number of rotatable bonds is 45. The zero-order valence-electron chi connectivity index (χ0n) is 39.9. The average molecular weight is 863 g/mol. The molecule has 7 heteroatoms. The van der Waals surface area contributed by atoms with Gasteiger partial charge in [-0.3, -0.25) is 9.59 Å². The summed E-state index contributed by atoms with van der Waals surface area (Å²) < 4.78 is 6.06. The van der Waals surface area contributed by atoms with E-state index >= 15 is 0 Å². The molecule has 0 saturated carbocycles. The third kappa shape index (κ3) is 44.6. The van der Waals surface area contributed by atoms with Crippen LogP contribution in [0.4, 0.5) is 0 Å². The Morgan fingerprint density at radius 2 is 0.887 bits per heavy atom. The molecule has 0 spiro atoms. The van der Waals surface area contributed by atoms with Gasteiger partial charge in [-0.25, -0.2) is 4.79 Å². The summed E-state index contributed by atoms with van der Waals surface area (Å²) in [6.07, 6.45) is 64.9. The molecule has 0 aromatic heterocycles. The van der Waals surface area contributed by atoms with Crippen molar-refractivity contribution in [3.05, 3.63) is 85.1 Å². The van der Waals surface area contributed by atoms with Crippen molar-refractivity contribution < 1.29 is 24.2 Å². The minimum atomic E-state index is -1.01. The van der Waals surface area contributed by atoms with Crippen LogP contribution < -0.4 is 11.1 Å². The van der Waals surface area contributed by atoms with E-state index in [0.717, 1.165) is 135 Å². The van der Waals surface area contributed by atoms with Gasteiger partial charge in [0.15, 0.2) is 0 Å². The third-order valence-electron chi connectivity index (χ3n) is 10.9. The summed E-state index contributed by atoms with van der Waals surface area (Å²) in [5.41, 5.74) is 5.50. The first-order valence-corrected chi connectivity index (χ1v) is 25.4. The van der Waals surface area contributed by atoms with Gasteiger partial charge in [0.1, 0.15) is 12.1 Å². The summed E-state index contributed by atoms with van der Waals surface area (Å²) in [5.74, 6) is -1.27. The van der Waals surface area contributed by atoms with Gasteiger partial charge < -0.3 is 20.9 Å². The van der Waals surface area contributed by atoms with Crippen LogP contribution in [0.3, 0.4) is 0 Å². The van der Waals surface area contributed by atoms with Gasteiger partial charge in [0, 0.05) is 12.8 Å². The molecule has 0 bridgehead atoms. The zero-order valence-corrected chi connectivity index (χ0v) is 39.9. The first-order valence-electron chi connectivity index (χ1n) is 25.4. The van der Waals surface area contributed by atoms with Gasteiger partial charge in [-0.05, 0) is 135 Å². The maximum atomic E-state index is 12.9. The van der Waals surface area contributed by atoms with Crippen LogP contribution in [0.2, 0.25) is 0 Å². The molecule has 0 aromatic carbocycles. The number of aliphatic carboxylic acids is 1. The van der Waals surface area contributed by atoms with Crippen molar-refractivity contribution in [1.29, 1.82) is 0 Å². The van der Waals surface area contributed by atoms with Crippen molar-refractivity contribution in [1.82, 2.24) is 5.32 Å². The largest absolute Gasteiger partial charge is 0.480 e. The quantitative estimate of drug-likeness (QED) is 0.0319. The number of carboxylic acid groups (broad SMARTS) is 1. The number of allylic oxidation sites excluding steroid dienone is 14. The molecule has 0 saturated heterocycles. The normalized spacial score (nSPS) is 13.3. The number of amides is 1. The minimum Gasteiger partial charge on any atom is -0.480 e. The molecule has 0 rings (SSSR count). The lowest BCUT2D eigenvalue weighted by molar-refractivity contribution is -0.150. The number of carboxylic acids is 1. The monoisotopic (exact) mass is 863 g/mol. The predicted molar refractivity (Wildman–Crippen MR) is 266 cm³/mol. The van der Waals surface area contributed by atoms with Crippen LogP contribution in [0, 0.1) is 0 Å². The summed E-state index contributed by atoms with van der Waals surface area (Å²) in [6, 6.07) is -0.866. The fraction of sp³-hybridized carbons (Fsp3) is 0.691. The molecule has 7 nitrogen and oxygen atoms in total. The standard InChI is InChI=1S/C55H94N2O5/c1-3-5-7-9-11-13-15-17-19-20-21-22-23-24-26-28-30-32-34-39-43-49-54(59)62-51(45-40-36-33-31-29-27-25-18-16-14-12-10-8-6-4-2)46-41-37-35-38-42-48-53(58)57-52(55(60)61)47-44-50-56/h5,7,11,13,16-19,21-22,24,26-27,29,51-52H,3-4,6,8-10,12,14-15,20,23,25,28,30-50,56H2,1-2H3,(H,57,58)(H,60,61)/b7-5-,13-11-,18-16-,19-17-,22-21-,26-24-,29-27-. The van der Waals surface area contributed by atoms with Crippen LogP contribution in [-0.2, 0) is 19.1 Å². The molecule has 0 radical (unpaired) electrons. The Balaban J connectivity index is 4.40. The highest BCUT2D eigenvalue weighted by Crippen LogP contribution is 2.18. The van der Waals surface area contributed by atoms with E-state index < -0.39 is 12.0 Å². The fourth-order valence-corrected chi connectivity index (χ4v) is 7.15. The Morgan fingerprint density at radius 1 is 0.484 bits per heavy atom. The second-order valence-corrected chi connectivity index (χ2v) is 16.8. The van der Waals surface area contributed by atoms with Gasteiger partial charge in [0.25, 0.3) is 0 Å². The number of nitrogens with two attached hydrogens (primary N) is 1. The highest BCUT2D eigenvalue weighted by molar-refractivity contribution is 5.83. The molecule has 0 aliphatic heterocycles. The van der Waals surface area contributed by atoms with Crippen molar-refractivity contribution >= 4 is 17.8 Å². The highest BCUT2D eigenvalue weighted by atomic mass is 16.5. The Morgan fingerprint density at radius 3 is 1.35 bits per heavy atom. The van der Waals surface area contributed by atoms with E-state index in [1.165, 1.54) is 51.4 Å². The molecule has 354 valence electrons. The molecule has 0 aliphatic rings. The number of nitrogens with one attached hydrogen (secondary N) is 1. The summed E-state index contributed by atoms with van der Waals surface area (Å²) in [6.45, 7) is 4.82. The molecule has 1 amide bonds. The first-order chi connectivity index (χ1) is 30.4. The molecule has 0 heterocycles. The van der Waals surface area contributed by atoms with E-state index in [2.05, 4.69) is 104 Å². The van der Waals surface area contributed by atoms with Crippen LogP contribution in [0.15, 0.2) is 85.1 Å². The first kappa shape index (κ1) is 58.6. The fourth-order valence-electron chi connectivity index (χ4n) is 7.15. The molecule has 2 unspecified atom stereocenters. The molecule has 2 atom stereocenters. The van der Waals surface area contributed by atoms with Crippen LogP contribution >= 0.6 is 0 Å². The Kier molecular flexibility index (Phi) is 45.9. The number of hydrogen-bond acceptors (Lipinski definition) is 5. The van der Waals surface area contributed by atoms with Gasteiger partial charge in [0.2, 0.25) is 5.91 Å². The number of carbonyl (C=O) groups excluding carboxylic acids is 2. The lowest BCUT2D eigenvalue weighted by atomic mass is 10.0. The van der Waals surface area contributed by atoms with Gasteiger partial charge in [0.05, 0.1) is 0 Å². The van der Waals surface area contributed by atoms with Gasteiger partial charge in [-0.15, -0.1) is 0 Å². The second-order valence-electron chi connectivity index (χ2n) is 16.8. The average Bonchev–Trinajstić information content (AvgIpc) is 3.26. The van der Waals surface area contributed by atoms with E-state index in [1.807, 2.05) is 0 Å². The van der Waals surface area contributed by atoms with Gasteiger partial charge >= 0.3 is 11.9 Å².